The standard InChI is InChI=1S/C26H27N3.C18H18BrN3.C18H19N3.C10H15N.C8H11BO2.C8H6N2O.C7H8N2O.C7H16O3.C5H6O2/c1-18-10-9-11-19(2)23(18)25-28-27-24(20-12-7-6-8-13-20)29(25)22-16-14-21(15-17-22)26(3,4)5;1-18(2,3)14-9-11-15(12-10-14)22-16(20-21-17(22)19)13-7-5-4-6-8-13;1-18(2,3)15-9-11-16(12-10-15)21-13-19-20-17(21)14-7-5-4-6-8-14;1-10(2,3)8-4-6-9(11)7-5-8;1-6-4-3-5-7(2)8(6)9(10)11;1-2-4-7(5-3-1)8-10-9-6-11-8;8-9-7(10)6-4-2-1-3-5-6;1-4-8-7(9-5-2)10-6-3;6-4-1-2-5(7)3-4/h6-17H,1-5H3;4-12H,1-3H3;4-13H,1-3H3;4-7H,11H2,1-3H3;3-5,10-11H,1-2H3;1-6H;1-5H,8H2,(H,9,10);7H,4-6H2,1-3H3;1-3H2. The van der Waals surface area contributed by atoms with Crippen molar-refractivity contribution in [3.05, 3.63) is 353 Å². The lowest BCUT2D eigenvalue weighted by molar-refractivity contribution is -0.282. The fourth-order valence-electron chi connectivity index (χ4n) is 13.4. The second-order valence-electron chi connectivity index (χ2n) is 35.0. The zero-order valence-corrected chi connectivity index (χ0v) is 81.0. The quantitative estimate of drug-likeness (QED) is 0.0114. The molecule has 11 aromatic carbocycles. The molecule has 688 valence electrons. The van der Waals surface area contributed by atoms with Crippen molar-refractivity contribution in [1.29, 1.82) is 0 Å². The molecule has 1 fully saturated rings. The lowest BCUT2D eigenvalue weighted by atomic mass is 9.74. The van der Waals surface area contributed by atoms with Gasteiger partial charge in [-0.2, -0.15) is 0 Å². The van der Waals surface area contributed by atoms with E-state index in [4.69, 9.17) is 40.3 Å². The van der Waals surface area contributed by atoms with Gasteiger partial charge in [0.1, 0.15) is 17.9 Å². The maximum Gasteiger partial charge on any atom is 0.488 e. The van der Waals surface area contributed by atoms with Crippen molar-refractivity contribution in [3.8, 4) is 74.1 Å². The smallest absolute Gasteiger partial charge is 0.423 e. The largest absolute Gasteiger partial charge is 0.488 e. The number of carbonyl (C=O) groups excluding carboxylic acids is 3. The summed E-state index contributed by atoms with van der Waals surface area (Å²) < 4.78 is 27.1. The molecule has 1 aliphatic carbocycles. The average molecular weight is 1840 g/mol. The van der Waals surface area contributed by atoms with Crippen LogP contribution in [0, 0.1) is 27.7 Å². The first kappa shape index (κ1) is 104. The van der Waals surface area contributed by atoms with Crippen molar-refractivity contribution >= 4 is 51.7 Å². The number of nitrogen functional groups attached to an aromatic ring is 2. The van der Waals surface area contributed by atoms with E-state index in [0.717, 1.165) is 85.0 Å². The number of hydrogen-bond donors (Lipinski definition) is 5. The van der Waals surface area contributed by atoms with Crippen molar-refractivity contribution in [2.75, 3.05) is 25.6 Å². The molecule has 0 atom stereocenters. The summed E-state index contributed by atoms with van der Waals surface area (Å²) in [6, 6.07) is 94.8. The first-order chi connectivity index (χ1) is 62.9. The maximum absolute atomic E-state index is 10.8. The van der Waals surface area contributed by atoms with Crippen LogP contribution in [0.25, 0.3) is 74.1 Å². The first-order valence-corrected chi connectivity index (χ1v) is 44.8. The van der Waals surface area contributed by atoms with Gasteiger partial charge >= 0.3 is 7.12 Å². The van der Waals surface area contributed by atoms with E-state index < -0.39 is 13.6 Å². The van der Waals surface area contributed by atoms with Crippen LogP contribution in [-0.2, 0) is 45.5 Å². The number of hydrogen-bond acceptors (Lipinski definition) is 19. The van der Waals surface area contributed by atoms with Gasteiger partial charge in [0, 0.05) is 88.8 Å². The van der Waals surface area contributed by atoms with E-state index in [1.165, 1.54) is 39.8 Å². The molecule has 4 heterocycles. The number of anilines is 1. The van der Waals surface area contributed by atoms with E-state index in [9.17, 15) is 14.4 Å². The summed E-state index contributed by atoms with van der Waals surface area (Å²) in [5.41, 5.74) is 28.2. The second kappa shape index (κ2) is 50.9. The fraction of sp³-hybridized carbons (Fsp3) is 0.280. The Labute approximate surface area is 786 Å². The maximum atomic E-state index is 10.8. The van der Waals surface area contributed by atoms with Gasteiger partial charge in [-0.15, -0.1) is 40.8 Å². The van der Waals surface area contributed by atoms with Crippen LogP contribution in [0.4, 0.5) is 5.69 Å². The summed E-state index contributed by atoms with van der Waals surface area (Å²) >= 11 is 3.50. The van der Waals surface area contributed by atoms with Gasteiger partial charge in [-0.25, -0.2) is 5.84 Å². The molecule has 0 aliphatic heterocycles. The number of ether oxygens (including phenoxy) is 3. The van der Waals surface area contributed by atoms with E-state index in [1.807, 2.05) is 195 Å². The molecule has 0 unspecified atom stereocenters. The first-order valence-electron chi connectivity index (χ1n) is 44.0. The molecule has 0 bridgehead atoms. The predicted molar refractivity (Wildman–Crippen MR) is 535 cm³/mol. The van der Waals surface area contributed by atoms with Gasteiger partial charge < -0.3 is 34.4 Å². The number of benzene rings is 11. The number of nitrogens with two attached hydrogens (primary N) is 2. The summed E-state index contributed by atoms with van der Waals surface area (Å²) in [7, 11) is -1.35. The van der Waals surface area contributed by atoms with Crippen LogP contribution in [0.2, 0.25) is 0 Å². The number of carbonyl (C=O) groups is 3. The monoisotopic (exact) mass is 1840 g/mol. The van der Waals surface area contributed by atoms with Crippen molar-refractivity contribution in [2.45, 2.75) is 179 Å². The van der Waals surface area contributed by atoms with Crippen LogP contribution < -0.4 is 22.5 Å². The van der Waals surface area contributed by atoms with Gasteiger partial charge in [0.25, 0.3) is 12.4 Å². The van der Waals surface area contributed by atoms with Gasteiger partial charge in [0.2, 0.25) is 17.0 Å². The minimum absolute atomic E-state index is 0.102. The number of amides is 1. The highest BCUT2D eigenvalue weighted by molar-refractivity contribution is 9.10. The molecule has 15 aromatic rings. The highest BCUT2D eigenvalue weighted by Crippen LogP contribution is 2.35. The van der Waals surface area contributed by atoms with Crippen LogP contribution in [0.15, 0.2) is 307 Å². The summed E-state index contributed by atoms with van der Waals surface area (Å²) in [6.07, 6.45) is 4.24. The SMILES string of the molecule is CC(C)(C)c1ccc(-n2c(Br)nnc2-c2ccccc2)cc1.CC(C)(C)c1ccc(-n2cnnc2-c2ccccc2)cc1.CC(C)(C)c1ccc(N)cc1.CCOC(OCC)OCC.Cc1cccc(C)c1-c1nnc(-c2ccccc2)n1-c1ccc(C(C)(C)C)cc1.Cc1cccc(C)c1B(O)O.NNC(=O)c1ccccc1.O=C1CCC(=O)C1.c1ccc(-c2nnco2)cc1. The number of ketones is 2. The van der Waals surface area contributed by atoms with Crippen molar-refractivity contribution < 1.29 is 43.1 Å². The second-order valence-corrected chi connectivity index (χ2v) is 35.7. The number of halogens is 1. The normalized spacial score (nSPS) is 11.5. The Kier molecular flexibility index (Phi) is 40.2. The van der Waals surface area contributed by atoms with Gasteiger partial charge in [0.05, 0.1) is 6.42 Å². The molecule has 1 aliphatic rings. The van der Waals surface area contributed by atoms with Gasteiger partial charge in [-0.3, -0.25) is 33.5 Å². The van der Waals surface area contributed by atoms with Crippen LogP contribution in [0.3, 0.4) is 0 Å². The molecule has 1 saturated carbocycles. The number of rotatable bonds is 16. The molecule has 23 nitrogen and oxygen atoms in total. The molecular weight excluding hydrogens is 1720 g/mol. The van der Waals surface area contributed by atoms with E-state index >= 15 is 0 Å². The molecule has 0 saturated heterocycles. The van der Waals surface area contributed by atoms with Crippen molar-refractivity contribution in [3.63, 3.8) is 0 Å². The fourth-order valence-corrected chi connectivity index (χ4v) is 13.9. The number of Topliss-reactive ketones (excluding diaryl/α,β-unsaturated/α-hetero) is 2. The molecule has 7 N–H and O–H groups in total. The topological polar surface area (TPSA) is 314 Å². The zero-order chi connectivity index (χ0) is 96.1. The molecule has 25 heteroatoms. The van der Waals surface area contributed by atoms with E-state index in [1.54, 1.807) is 30.6 Å². The number of nitrogens with zero attached hydrogens (tertiary/aromatic N) is 11. The lowest BCUT2D eigenvalue weighted by Crippen LogP contribution is -2.34. The van der Waals surface area contributed by atoms with Crippen LogP contribution in [0.5, 0.6) is 0 Å². The summed E-state index contributed by atoms with van der Waals surface area (Å²) in [5.74, 6) is 8.83. The van der Waals surface area contributed by atoms with Crippen LogP contribution in [0.1, 0.15) is 178 Å². The molecule has 16 rings (SSSR count). The van der Waals surface area contributed by atoms with Gasteiger partial charge in [0.15, 0.2) is 23.3 Å². The van der Waals surface area contributed by atoms with Gasteiger partial charge in [-0.1, -0.05) is 307 Å². The van der Waals surface area contributed by atoms with Crippen molar-refractivity contribution in [1.82, 2.24) is 59.9 Å². The molecule has 0 radical (unpaired) electrons. The van der Waals surface area contributed by atoms with Crippen molar-refractivity contribution in [2.24, 2.45) is 5.84 Å². The number of aromatic nitrogens is 11. The Hall–Kier alpha value is -13.1. The molecule has 0 spiro atoms. The number of nitrogens with one attached hydrogen (secondary N) is 1. The summed E-state index contributed by atoms with van der Waals surface area (Å²) in [6.45, 7) is 41.7. The Morgan fingerprint density at radius 2 is 0.788 bits per heavy atom. The summed E-state index contributed by atoms with van der Waals surface area (Å²) in [4.78, 5) is 31.2. The van der Waals surface area contributed by atoms with Gasteiger partial charge in [-0.05, 0) is 198 Å². The minimum atomic E-state index is -1.35. The third-order valence-electron chi connectivity index (χ3n) is 20.7. The summed E-state index contributed by atoms with van der Waals surface area (Å²) in [5, 5.41) is 51.3. The molecular formula is C107H126BBrN14O9. The molecule has 132 heavy (non-hydrogen) atoms. The molecule has 1 amide bonds. The number of aryl methyl sites for hydroxylation is 4. The molecule has 4 aromatic heterocycles. The zero-order valence-electron chi connectivity index (χ0n) is 79.4. The minimum Gasteiger partial charge on any atom is -0.423 e. The predicted octanol–water partition coefficient (Wildman–Crippen LogP) is 22.0. The lowest BCUT2D eigenvalue weighted by Gasteiger charge is -2.20. The average Bonchev–Trinajstić information content (AvgIpc) is 1.61. The Bertz CT molecular complexity index is 5890. The highest BCUT2D eigenvalue weighted by Gasteiger charge is 2.24. The third kappa shape index (κ3) is 31.9. The highest BCUT2D eigenvalue weighted by atomic mass is 79.9. The van der Waals surface area contributed by atoms with Crippen LogP contribution in [-0.4, -0.2) is 115 Å². The number of hydrazine groups is 1. The Morgan fingerprint density at radius 3 is 1.15 bits per heavy atom. The van der Waals surface area contributed by atoms with Crippen LogP contribution >= 0.6 is 15.9 Å². The Balaban J connectivity index is 0.000000190. The van der Waals surface area contributed by atoms with E-state index in [0.29, 0.717) is 54.3 Å². The third-order valence-corrected chi connectivity index (χ3v) is 21.3. The van der Waals surface area contributed by atoms with E-state index in [-0.39, 0.29) is 45.6 Å². The van der Waals surface area contributed by atoms with E-state index in [2.05, 4.69) is 273 Å². The Morgan fingerprint density at radius 1 is 0.432 bits per heavy atom.